The molecular weight excluding hydrogens is 236 g/mol. The van der Waals surface area contributed by atoms with Gasteiger partial charge in [-0.1, -0.05) is 13.3 Å². The molecule has 0 rings (SSSR count). The SMILES string of the molecule is CCCCS(=O)(=O)N[C@H](CC(N)=O)C(=O)O. The van der Waals surface area contributed by atoms with Gasteiger partial charge in [0.25, 0.3) is 0 Å². The maximum atomic E-state index is 11.4. The molecule has 7 nitrogen and oxygen atoms in total. The largest absolute Gasteiger partial charge is 0.480 e. The summed E-state index contributed by atoms with van der Waals surface area (Å²) in [5, 5.41) is 8.68. The summed E-state index contributed by atoms with van der Waals surface area (Å²) in [6, 6.07) is -1.49. The number of carboxylic acids is 1. The van der Waals surface area contributed by atoms with Crippen molar-refractivity contribution in [3.8, 4) is 0 Å². The van der Waals surface area contributed by atoms with Gasteiger partial charge in [0.1, 0.15) is 6.04 Å². The van der Waals surface area contributed by atoms with Gasteiger partial charge < -0.3 is 10.8 Å². The van der Waals surface area contributed by atoms with Crippen LogP contribution in [0.4, 0.5) is 0 Å². The fourth-order valence-electron chi connectivity index (χ4n) is 0.991. The van der Waals surface area contributed by atoms with Crippen molar-refractivity contribution in [1.82, 2.24) is 4.72 Å². The number of sulfonamides is 1. The van der Waals surface area contributed by atoms with Crippen molar-refractivity contribution in [2.24, 2.45) is 5.73 Å². The number of carboxylic acid groups (broad SMARTS) is 1. The summed E-state index contributed by atoms with van der Waals surface area (Å²) in [6.45, 7) is 1.81. The number of rotatable bonds is 8. The molecule has 0 spiro atoms. The predicted molar refractivity (Wildman–Crippen MR) is 57.1 cm³/mol. The molecule has 16 heavy (non-hydrogen) atoms. The first-order valence-electron chi connectivity index (χ1n) is 4.79. The maximum Gasteiger partial charge on any atom is 0.322 e. The Morgan fingerprint density at radius 3 is 2.38 bits per heavy atom. The molecule has 0 aromatic rings. The zero-order valence-electron chi connectivity index (χ0n) is 8.97. The van der Waals surface area contributed by atoms with Crippen molar-refractivity contribution in [3.05, 3.63) is 0 Å². The lowest BCUT2D eigenvalue weighted by molar-refractivity contribution is -0.140. The van der Waals surface area contributed by atoms with Crippen molar-refractivity contribution >= 4 is 21.9 Å². The summed E-state index contributed by atoms with van der Waals surface area (Å²) in [5.74, 6) is -2.45. The lowest BCUT2D eigenvalue weighted by atomic mass is 10.2. The second-order valence-corrected chi connectivity index (χ2v) is 5.22. The third-order valence-corrected chi connectivity index (χ3v) is 3.26. The Labute approximate surface area is 94.1 Å². The molecule has 1 amide bonds. The molecule has 0 heterocycles. The quantitative estimate of drug-likeness (QED) is 0.512. The van der Waals surface area contributed by atoms with Crippen LogP contribution < -0.4 is 10.5 Å². The minimum absolute atomic E-state index is 0.161. The van der Waals surface area contributed by atoms with E-state index in [2.05, 4.69) is 0 Å². The Bertz CT molecular complexity index is 351. The van der Waals surface area contributed by atoms with E-state index in [4.69, 9.17) is 10.8 Å². The van der Waals surface area contributed by atoms with Crippen LogP contribution in [0.3, 0.4) is 0 Å². The van der Waals surface area contributed by atoms with Gasteiger partial charge >= 0.3 is 5.97 Å². The Morgan fingerprint density at radius 1 is 1.44 bits per heavy atom. The highest BCUT2D eigenvalue weighted by molar-refractivity contribution is 7.89. The summed E-state index contributed by atoms with van der Waals surface area (Å²) < 4.78 is 24.6. The molecule has 0 unspecified atom stereocenters. The van der Waals surface area contributed by atoms with Crippen molar-refractivity contribution in [3.63, 3.8) is 0 Å². The number of carbonyl (C=O) groups is 2. The van der Waals surface area contributed by atoms with E-state index in [1.807, 2.05) is 11.6 Å². The minimum atomic E-state index is -3.67. The molecule has 0 bridgehead atoms. The summed E-state index contributed by atoms with van der Waals surface area (Å²) in [7, 11) is -3.67. The molecular formula is C8H16N2O5S. The Balaban J connectivity index is 4.50. The number of amides is 1. The molecule has 0 aliphatic carbocycles. The minimum Gasteiger partial charge on any atom is -0.480 e. The van der Waals surface area contributed by atoms with Crippen LogP contribution in [0, 0.1) is 0 Å². The number of hydrogen-bond acceptors (Lipinski definition) is 4. The van der Waals surface area contributed by atoms with Crippen molar-refractivity contribution in [2.45, 2.75) is 32.2 Å². The van der Waals surface area contributed by atoms with Crippen LogP contribution in [0.25, 0.3) is 0 Å². The highest BCUT2D eigenvalue weighted by Crippen LogP contribution is 1.99. The summed E-state index contributed by atoms with van der Waals surface area (Å²) in [4.78, 5) is 21.2. The zero-order chi connectivity index (χ0) is 12.8. The van der Waals surface area contributed by atoms with Gasteiger partial charge in [-0.3, -0.25) is 9.59 Å². The van der Waals surface area contributed by atoms with Gasteiger partial charge in [-0.25, -0.2) is 13.1 Å². The van der Waals surface area contributed by atoms with E-state index in [0.29, 0.717) is 12.8 Å². The molecule has 0 aliphatic heterocycles. The van der Waals surface area contributed by atoms with Crippen LogP contribution in [0.15, 0.2) is 0 Å². The fourth-order valence-corrected chi connectivity index (χ4v) is 2.39. The smallest absolute Gasteiger partial charge is 0.322 e. The topological polar surface area (TPSA) is 127 Å². The fraction of sp³-hybridized carbons (Fsp3) is 0.750. The first-order chi connectivity index (χ1) is 7.28. The number of primary amides is 1. The van der Waals surface area contributed by atoms with E-state index in [-0.39, 0.29) is 5.75 Å². The number of aliphatic carboxylic acids is 1. The van der Waals surface area contributed by atoms with Crippen molar-refractivity contribution in [2.75, 3.05) is 5.75 Å². The Hall–Kier alpha value is -1.15. The lowest BCUT2D eigenvalue weighted by Gasteiger charge is -2.12. The summed E-state index contributed by atoms with van der Waals surface area (Å²) >= 11 is 0. The number of nitrogens with one attached hydrogen (secondary N) is 1. The van der Waals surface area contributed by atoms with Gasteiger partial charge in [0, 0.05) is 0 Å². The third-order valence-electron chi connectivity index (χ3n) is 1.79. The summed E-state index contributed by atoms with van der Waals surface area (Å²) in [6.07, 6.45) is 0.549. The van der Waals surface area contributed by atoms with E-state index in [1.165, 1.54) is 0 Å². The molecule has 0 aromatic heterocycles. The highest BCUT2D eigenvalue weighted by Gasteiger charge is 2.25. The van der Waals surface area contributed by atoms with Gasteiger partial charge in [-0.2, -0.15) is 0 Å². The molecule has 1 atom stereocenters. The van der Waals surface area contributed by atoms with E-state index >= 15 is 0 Å². The van der Waals surface area contributed by atoms with Gasteiger partial charge in [0.15, 0.2) is 0 Å². The number of nitrogens with two attached hydrogens (primary N) is 1. The average Bonchev–Trinajstić information content (AvgIpc) is 2.12. The average molecular weight is 252 g/mol. The second kappa shape index (κ2) is 6.44. The molecule has 0 radical (unpaired) electrons. The molecule has 94 valence electrons. The summed E-state index contributed by atoms with van der Waals surface area (Å²) in [5.41, 5.74) is 4.81. The van der Waals surface area contributed by atoms with E-state index in [0.717, 1.165) is 0 Å². The number of carbonyl (C=O) groups excluding carboxylic acids is 1. The molecule has 0 aliphatic rings. The third kappa shape index (κ3) is 6.36. The normalized spacial score (nSPS) is 13.3. The molecule has 8 heteroatoms. The number of unbranched alkanes of at least 4 members (excludes halogenated alkanes) is 1. The van der Waals surface area contributed by atoms with Gasteiger partial charge in [-0.15, -0.1) is 0 Å². The first kappa shape index (κ1) is 14.8. The Morgan fingerprint density at radius 2 is 2.00 bits per heavy atom. The molecule has 0 saturated heterocycles. The van der Waals surface area contributed by atoms with Crippen LogP contribution in [0.2, 0.25) is 0 Å². The molecule has 4 N–H and O–H groups in total. The highest BCUT2D eigenvalue weighted by atomic mass is 32.2. The predicted octanol–water partition coefficient (Wildman–Crippen LogP) is -0.965. The van der Waals surface area contributed by atoms with E-state index in [1.54, 1.807) is 0 Å². The molecule has 0 fully saturated rings. The van der Waals surface area contributed by atoms with E-state index < -0.39 is 34.4 Å². The van der Waals surface area contributed by atoms with Crippen LogP contribution in [0.5, 0.6) is 0 Å². The monoisotopic (exact) mass is 252 g/mol. The van der Waals surface area contributed by atoms with Crippen molar-refractivity contribution in [1.29, 1.82) is 0 Å². The number of hydrogen-bond donors (Lipinski definition) is 3. The van der Waals surface area contributed by atoms with Gasteiger partial charge in [0.2, 0.25) is 15.9 Å². The standard InChI is InChI=1S/C8H16N2O5S/c1-2-3-4-16(14,15)10-6(8(12)13)5-7(9)11/h6,10H,2-5H2,1H3,(H2,9,11)(H,12,13)/t6-/m1/s1. The lowest BCUT2D eigenvalue weighted by Crippen LogP contribution is -2.44. The van der Waals surface area contributed by atoms with Gasteiger partial charge in [0.05, 0.1) is 12.2 Å². The van der Waals surface area contributed by atoms with Gasteiger partial charge in [-0.05, 0) is 6.42 Å². The van der Waals surface area contributed by atoms with Crippen molar-refractivity contribution < 1.29 is 23.1 Å². The van der Waals surface area contributed by atoms with E-state index in [9.17, 15) is 18.0 Å². The second-order valence-electron chi connectivity index (χ2n) is 3.35. The van der Waals surface area contributed by atoms with Crippen LogP contribution in [-0.2, 0) is 19.6 Å². The zero-order valence-corrected chi connectivity index (χ0v) is 9.79. The van der Waals surface area contributed by atoms with Crippen LogP contribution in [-0.4, -0.2) is 37.2 Å². The maximum absolute atomic E-state index is 11.4. The first-order valence-corrected chi connectivity index (χ1v) is 6.45. The molecule has 0 saturated carbocycles. The molecule has 0 aromatic carbocycles. The van der Waals surface area contributed by atoms with Crippen LogP contribution >= 0.6 is 0 Å². The van der Waals surface area contributed by atoms with Crippen LogP contribution in [0.1, 0.15) is 26.2 Å². The Kier molecular flexibility index (Phi) is 5.97.